The molecule has 0 radical (unpaired) electrons. The van der Waals surface area contributed by atoms with Crippen molar-refractivity contribution in [2.45, 2.75) is 74.6 Å². The normalized spacial score (nSPS) is 27.9. The van der Waals surface area contributed by atoms with Crippen LogP contribution in [-0.4, -0.2) is 63.6 Å². The predicted molar refractivity (Wildman–Crippen MR) is 130 cm³/mol. The molecule has 2 aliphatic rings. The van der Waals surface area contributed by atoms with Crippen LogP contribution in [0.1, 0.15) is 64.4 Å². The highest BCUT2D eigenvalue weighted by atomic mass is 32.2. The highest BCUT2D eigenvalue weighted by molar-refractivity contribution is 7.92. The van der Waals surface area contributed by atoms with Gasteiger partial charge in [0.2, 0.25) is 0 Å². The van der Waals surface area contributed by atoms with Gasteiger partial charge in [0, 0.05) is 30.4 Å². The summed E-state index contributed by atoms with van der Waals surface area (Å²) >= 11 is 0. The molecule has 0 bridgehead atoms. The van der Waals surface area contributed by atoms with E-state index in [4.69, 9.17) is 0 Å². The van der Waals surface area contributed by atoms with E-state index in [1.54, 1.807) is 0 Å². The molecule has 2 saturated carbocycles. The SMILES string of the molecule is CN(C)C1(c2ccccc2)CCC(CNCC(C)(C)S(C)(=O)=O)(NCC2CCC2)CC1. The van der Waals surface area contributed by atoms with E-state index in [0.29, 0.717) is 6.54 Å². The van der Waals surface area contributed by atoms with Gasteiger partial charge in [0.1, 0.15) is 0 Å². The Labute approximate surface area is 190 Å². The summed E-state index contributed by atoms with van der Waals surface area (Å²) in [4.78, 5) is 2.40. The Balaban J connectivity index is 1.72. The molecule has 6 heteroatoms. The second-order valence-corrected chi connectivity index (χ2v) is 13.5. The first kappa shape index (κ1) is 24.7. The first-order chi connectivity index (χ1) is 14.5. The van der Waals surface area contributed by atoms with E-state index < -0.39 is 14.6 Å². The smallest absolute Gasteiger partial charge is 0.153 e. The monoisotopic (exact) mass is 449 g/mol. The van der Waals surface area contributed by atoms with E-state index in [2.05, 4.69) is 60.0 Å². The number of rotatable bonds is 10. The molecular formula is C25H43N3O2S. The molecule has 2 fully saturated rings. The van der Waals surface area contributed by atoms with Gasteiger partial charge in [-0.3, -0.25) is 4.90 Å². The molecule has 0 saturated heterocycles. The van der Waals surface area contributed by atoms with Gasteiger partial charge in [-0.25, -0.2) is 8.42 Å². The maximum atomic E-state index is 12.1. The van der Waals surface area contributed by atoms with Crippen LogP contribution in [0.15, 0.2) is 30.3 Å². The van der Waals surface area contributed by atoms with Gasteiger partial charge >= 0.3 is 0 Å². The minimum Gasteiger partial charge on any atom is -0.313 e. The number of hydrogen-bond acceptors (Lipinski definition) is 5. The van der Waals surface area contributed by atoms with E-state index >= 15 is 0 Å². The quantitative estimate of drug-likeness (QED) is 0.572. The second kappa shape index (κ2) is 9.50. The van der Waals surface area contributed by atoms with Crippen molar-refractivity contribution < 1.29 is 8.42 Å². The molecule has 5 nitrogen and oxygen atoms in total. The Bertz CT molecular complexity index is 808. The van der Waals surface area contributed by atoms with Gasteiger partial charge in [-0.1, -0.05) is 36.8 Å². The molecule has 1 aromatic carbocycles. The average molecular weight is 450 g/mol. The van der Waals surface area contributed by atoms with E-state index in [1.165, 1.54) is 31.1 Å². The molecule has 31 heavy (non-hydrogen) atoms. The summed E-state index contributed by atoms with van der Waals surface area (Å²) in [6.45, 7) is 6.01. The van der Waals surface area contributed by atoms with Crippen LogP contribution in [0.3, 0.4) is 0 Å². The van der Waals surface area contributed by atoms with Gasteiger partial charge in [-0.2, -0.15) is 0 Å². The molecule has 2 aliphatic carbocycles. The van der Waals surface area contributed by atoms with E-state index in [1.807, 2.05) is 13.8 Å². The maximum absolute atomic E-state index is 12.1. The molecule has 0 unspecified atom stereocenters. The lowest BCUT2D eigenvalue weighted by molar-refractivity contribution is 0.0506. The number of benzene rings is 1. The fraction of sp³-hybridized carbons (Fsp3) is 0.760. The minimum absolute atomic E-state index is 0.0253. The summed E-state index contributed by atoms with van der Waals surface area (Å²) in [5, 5.41) is 7.50. The summed E-state index contributed by atoms with van der Waals surface area (Å²) < 4.78 is 23.5. The lowest BCUT2D eigenvalue weighted by atomic mass is 9.68. The van der Waals surface area contributed by atoms with E-state index in [-0.39, 0.29) is 11.1 Å². The van der Waals surface area contributed by atoms with Crippen LogP contribution in [0.5, 0.6) is 0 Å². The molecule has 0 spiro atoms. The topological polar surface area (TPSA) is 61.4 Å². The summed E-state index contributed by atoms with van der Waals surface area (Å²) in [5.74, 6) is 0.805. The molecule has 0 aliphatic heterocycles. The van der Waals surface area contributed by atoms with Gasteiger partial charge in [-0.05, 0) is 84.5 Å². The fourth-order valence-corrected chi connectivity index (χ4v) is 5.46. The molecule has 0 amide bonds. The van der Waals surface area contributed by atoms with E-state index in [9.17, 15) is 8.42 Å². The summed E-state index contributed by atoms with van der Waals surface area (Å²) in [6.07, 6.45) is 9.73. The number of hydrogen-bond donors (Lipinski definition) is 2. The summed E-state index contributed by atoms with van der Waals surface area (Å²) in [7, 11) is 1.30. The summed E-state index contributed by atoms with van der Waals surface area (Å²) in [6, 6.07) is 10.9. The second-order valence-electron chi connectivity index (χ2n) is 10.9. The number of nitrogens with one attached hydrogen (secondary N) is 2. The van der Waals surface area contributed by atoms with Gasteiger partial charge < -0.3 is 10.6 Å². The molecule has 2 N–H and O–H groups in total. The van der Waals surface area contributed by atoms with Crippen LogP contribution in [0, 0.1) is 5.92 Å². The van der Waals surface area contributed by atoms with Crippen molar-refractivity contribution in [3.63, 3.8) is 0 Å². The van der Waals surface area contributed by atoms with Crippen LogP contribution >= 0.6 is 0 Å². The lowest BCUT2D eigenvalue weighted by Gasteiger charge is -2.51. The van der Waals surface area contributed by atoms with Crippen molar-refractivity contribution in [3.8, 4) is 0 Å². The molecule has 0 atom stereocenters. The number of nitrogens with zero attached hydrogens (tertiary/aromatic N) is 1. The lowest BCUT2D eigenvalue weighted by Crippen LogP contribution is -2.60. The molecule has 0 aromatic heterocycles. The average Bonchev–Trinajstić information content (AvgIpc) is 2.67. The molecule has 1 aromatic rings. The van der Waals surface area contributed by atoms with Crippen LogP contribution in [0.4, 0.5) is 0 Å². The zero-order valence-corrected chi connectivity index (χ0v) is 21.0. The first-order valence-corrected chi connectivity index (χ1v) is 13.8. The van der Waals surface area contributed by atoms with Crippen molar-refractivity contribution in [3.05, 3.63) is 35.9 Å². The van der Waals surface area contributed by atoms with Crippen LogP contribution < -0.4 is 10.6 Å². The van der Waals surface area contributed by atoms with Crippen LogP contribution in [-0.2, 0) is 15.4 Å². The third-order valence-corrected chi connectivity index (χ3v) is 10.4. The largest absolute Gasteiger partial charge is 0.313 e. The van der Waals surface area contributed by atoms with Gasteiger partial charge in [-0.15, -0.1) is 0 Å². The molecule has 0 heterocycles. The minimum atomic E-state index is -3.10. The van der Waals surface area contributed by atoms with Crippen molar-refractivity contribution in [1.29, 1.82) is 0 Å². The Morgan fingerprint density at radius 2 is 1.68 bits per heavy atom. The molecule has 176 valence electrons. The number of sulfone groups is 1. The third-order valence-electron chi connectivity index (χ3n) is 8.21. The van der Waals surface area contributed by atoms with Crippen LogP contribution in [0.2, 0.25) is 0 Å². The van der Waals surface area contributed by atoms with Crippen molar-refractivity contribution in [2.24, 2.45) is 5.92 Å². The van der Waals surface area contributed by atoms with Gasteiger partial charge in [0.25, 0.3) is 0 Å². The third kappa shape index (κ3) is 5.52. The molecule has 3 rings (SSSR count). The van der Waals surface area contributed by atoms with Crippen molar-refractivity contribution in [1.82, 2.24) is 15.5 Å². The Kier molecular flexibility index (Phi) is 7.57. The summed E-state index contributed by atoms with van der Waals surface area (Å²) in [5.41, 5.74) is 1.49. The van der Waals surface area contributed by atoms with Crippen LogP contribution in [0.25, 0.3) is 0 Å². The predicted octanol–water partition coefficient (Wildman–Crippen LogP) is 3.56. The van der Waals surface area contributed by atoms with Crippen molar-refractivity contribution >= 4 is 9.84 Å². The van der Waals surface area contributed by atoms with E-state index in [0.717, 1.165) is 44.7 Å². The van der Waals surface area contributed by atoms with Gasteiger partial charge in [0.05, 0.1) is 4.75 Å². The van der Waals surface area contributed by atoms with Crippen molar-refractivity contribution in [2.75, 3.05) is 40.0 Å². The van der Waals surface area contributed by atoms with Gasteiger partial charge in [0.15, 0.2) is 9.84 Å². The standard InChI is InChI=1S/C25H43N3O2S/c1-23(2,31(5,29)30)19-26-20-24(27-18-21-10-9-11-21)14-16-25(17-15-24,28(3)4)22-12-7-6-8-13-22/h6-8,12-13,21,26-27H,9-11,14-20H2,1-5H3. The molecular weight excluding hydrogens is 406 g/mol. The zero-order valence-electron chi connectivity index (χ0n) is 20.2. The maximum Gasteiger partial charge on any atom is 0.153 e. The zero-order chi connectivity index (χ0) is 22.8. The Morgan fingerprint density at radius 3 is 2.16 bits per heavy atom. The first-order valence-electron chi connectivity index (χ1n) is 11.9. The fourth-order valence-electron chi connectivity index (χ4n) is 5.09. The highest BCUT2D eigenvalue weighted by Gasteiger charge is 2.45. The Morgan fingerprint density at radius 1 is 1.06 bits per heavy atom. The highest BCUT2D eigenvalue weighted by Crippen LogP contribution is 2.44. The Hall–Kier alpha value is -0.950.